The van der Waals surface area contributed by atoms with Gasteiger partial charge in [-0.1, -0.05) is 6.92 Å². The second kappa shape index (κ2) is 5.91. The molecule has 106 valence electrons. The van der Waals surface area contributed by atoms with Crippen molar-refractivity contribution < 1.29 is 18.0 Å². The Hall–Kier alpha value is -0.780. The van der Waals surface area contributed by atoms with Crippen molar-refractivity contribution in [3.05, 3.63) is 0 Å². The SMILES string of the molecule is CC1CCC(C(=O)N(C)CCC(F)(F)F)CC1N. The third-order valence-electron chi connectivity index (χ3n) is 3.71. The molecule has 1 fully saturated rings. The zero-order valence-corrected chi connectivity index (χ0v) is 10.8. The number of carbonyl (C=O) groups is 1. The molecule has 1 aliphatic rings. The van der Waals surface area contributed by atoms with Gasteiger partial charge in [-0.15, -0.1) is 0 Å². The molecule has 0 saturated heterocycles. The molecule has 0 heterocycles. The summed E-state index contributed by atoms with van der Waals surface area (Å²) >= 11 is 0. The van der Waals surface area contributed by atoms with Crippen molar-refractivity contribution in [3.8, 4) is 0 Å². The highest BCUT2D eigenvalue weighted by Gasteiger charge is 2.33. The number of carbonyl (C=O) groups excluding carboxylic acids is 1. The quantitative estimate of drug-likeness (QED) is 0.851. The van der Waals surface area contributed by atoms with Gasteiger partial charge in [0, 0.05) is 25.6 Å². The maximum Gasteiger partial charge on any atom is 0.390 e. The zero-order chi connectivity index (χ0) is 13.9. The first-order valence-corrected chi connectivity index (χ1v) is 6.28. The number of nitrogens with zero attached hydrogens (tertiary/aromatic N) is 1. The molecule has 0 aromatic rings. The topological polar surface area (TPSA) is 46.3 Å². The Morgan fingerprint density at radius 2 is 2.00 bits per heavy atom. The Morgan fingerprint density at radius 3 is 2.50 bits per heavy atom. The van der Waals surface area contributed by atoms with Crippen LogP contribution in [0, 0.1) is 11.8 Å². The van der Waals surface area contributed by atoms with Gasteiger partial charge in [0.05, 0.1) is 6.42 Å². The summed E-state index contributed by atoms with van der Waals surface area (Å²) in [4.78, 5) is 13.2. The predicted octanol–water partition coefficient (Wildman–Crippen LogP) is 2.16. The van der Waals surface area contributed by atoms with Gasteiger partial charge in [0.1, 0.15) is 0 Å². The Labute approximate surface area is 106 Å². The second-order valence-corrected chi connectivity index (χ2v) is 5.28. The minimum atomic E-state index is -4.22. The number of hydrogen-bond acceptors (Lipinski definition) is 2. The molecule has 3 atom stereocenters. The van der Waals surface area contributed by atoms with E-state index in [1.807, 2.05) is 6.92 Å². The molecule has 0 aliphatic heterocycles. The van der Waals surface area contributed by atoms with Crippen LogP contribution in [0.15, 0.2) is 0 Å². The molecule has 3 nitrogen and oxygen atoms in total. The Kier molecular flexibility index (Phi) is 5.01. The van der Waals surface area contributed by atoms with Gasteiger partial charge in [0.15, 0.2) is 0 Å². The summed E-state index contributed by atoms with van der Waals surface area (Å²) in [7, 11) is 1.43. The molecule has 0 aromatic heterocycles. The highest BCUT2D eigenvalue weighted by molar-refractivity contribution is 5.78. The number of alkyl halides is 3. The molecular formula is C12H21F3N2O. The van der Waals surface area contributed by atoms with E-state index in [1.54, 1.807) is 0 Å². The van der Waals surface area contributed by atoms with E-state index in [0.717, 1.165) is 12.8 Å². The first-order chi connectivity index (χ1) is 8.20. The van der Waals surface area contributed by atoms with Crippen LogP contribution in [0.2, 0.25) is 0 Å². The van der Waals surface area contributed by atoms with Crippen LogP contribution in [0.1, 0.15) is 32.6 Å². The van der Waals surface area contributed by atoms with Crippen molar-refractivity contribution in [2.75, 3.05) is 13.6 Å². The van der Waals surface area contributed by atoms with E-state index in [9.17, 15) is 18.0 Å². The minimum Gasteiger partial charge on any atom is -0.345 e. The minimum absolute atomic E-state index is 0.0243. The van der Waals surface area contributed by atoms with Gasteiger partial charge in [0.2, 0.25) is 5.91 Å². The first-order valence-electron chi connectivity index (χ1n) is 6.28. The molecule has 1 aliphatic carbocycles. The van der Waals surface area contributed by atoms with E-state index < -0.39 is 12.6 Å². The highest BCUT2D eigenvalue weighted by atomic mass is 19.4. The van der Waals surface area contributed by atoms with Crippen LogP contribution in [0.3, 0.4) is 0 Å². The summed E-state index contributed by atoms with van der Waals surface area (Å²) in [5, 5.41) is 0. The summed E-state index contributed by atoms with van der Waals surface area (Å²) in [6.07, 6.45) is -3.00. The average molecular weight is 266 g/mol. The van der Waals surface area contributed by atoms with E-state index >= 15 is 0 Å². The van der Waals surface area contributed by atoms with Crippen molar-refractivity contribution in [2.24, 2.45) is 17.6 Å². The second-order valence-electron chi connectivity index (χ2n) is 5.28. The number of amides is 1. The lowest BCUT2D eigenvalue weighted by molar-refractivity contribution is -0.146. The highest BCUT2D eigenvalue weighted by Crippen LogP contribution is 2.29. The standard InChI is InChI=1S/C12H21F3N2O/c1-8-3-4-9(7-10(8)16)11(18)17(2)6-5-12(13,14)15/h8-10H,3-7,16H2,1-2H3. The average Bonchev–Trinajstić information content (AvgIpc) is 2.27. The van der Waals surface area contributed by atoms with Crippen LogP contribution in [-0.2, 0) is 4.79 Å². The van der Waals surface area contributed by atoms with Crippen molar-refractivity contribution in [1.82, 2.24) is 4.90 Å². The van der Waals surface area contributed by atoms with Gasteiger partial charge in [-0.05, 0) is 25.2 Å². The maximum atomic E-state index is 12.1. The van der Waals surface area contributed by atoms with Crippen LogP contribution < -0.4 is 5.73 Å². The molecule has 1 saturated carbocycles. The maximum absolute atomic E-state index is 12.1. The van der Waals surface area contributed by atoms with Crippen LogP contribution in [0.4, 0.5) is 13.2 Å². The summed E-state index contributed by atoms with van der Waals surface area (Å²) < 4.78 is 36.2. The number of rotatable bonds is 3. The van der Waals surface area contributed by atoms with Crippen molar-refractivity contribution in [3.63, 3.8) is 0 Å². The first kappa shape index (κ1) is 15.3. The zero-order valence-electron chi connectivity index (χ0n) is 10.8. The molecule has 18 heavy (non-hydrogen) atoms. The monoisotopic (exact) mass is 266 g/mol. The smallest absolute Gasteiger partial charge is 0.345 e. The van der Waals surface area contributed by atoms with Gasteiger partial charge < -0.3 is 10.6 Å². The predicted molar refractivity (Wildman–Crippen MR) is 62.8 cm³/mol. The van der Waals surface area contributed by atoms with Gasteiger partial charge >= 0.3 is 6.18 Å². The fraction of sp³-hybridized carbons (Fsp3) is 0.917. The van der Waals surface area contributed by atoms with E-state index in [2.05, 4.69) is 0 Å². The lowest BCUT2D eigenvalue weighted by Gasteiger charge is -2.33. The van der Waals surface area contributed by atoms with E-state index in [0.29, 0.717) is 12.3 Å². The molecule has 0 bridgehead atoms. The van der Waals surface area contributed by atoms with Gasteiger partial charge in [-0.3, -0.25) is 4.79 Å². The molecule has 6 heteroatoms. The Morgan fingerprint density at radius 1 is 1.39 bits per heavy atom. The van der Waals surface area contributed by atoms with E-state index in [4.69, 9.17) is 5.73 Å². The lowest BCUT2D eigenvalue weighted by Crippen LogP contribution is -2.42. The number of hydrogen-bond donors (Lipinski definition) is 1. The third kappa shape index (κ3) is 4.48. The van der Waals surface area contributed by atoms with Crippen LogP contribution in [-0.4, -0.2) is 36.6 Å². The Balaban J connectivity index is 2.44. The van der Waals surface area contributed by atoms with Crippen molar-refractivity contribution in [1.29, 1.82) is 0 Å². The van der Waals surface area contributed by atoms with Gasteiger partial charge in [-0.2, -0.15) is 13.2 Å². The number of halogens is 3. The van der Waals surface area contributed by atoms with Crippen molar-refractivity contribution in [2.45, 2.75) is 44.8 Å². The van der Waals surface area contributed by atoms with Crippen LogP contribution in [0.25, 0.3) is 0 Å². The summed E-state index contributed by atoms with van der Waals surface area (Å²) in [5.41, 5.74) is 5.90. The molecule has 3 unspecified atom stereocenters. The summed E-state index contributed by atoms with van der Waals surface area (Å²) in [6, 6.07) is -0.0243. The fourth-order valence-electron chi connectivity index (χ4n) is 2.30. The van der Waals surface area contributed by atoms with Crippen molar-refractivity contribution >= 4 is 5.91 Å². The lowest BCUT2D eigenvalue weighted by atomic mass is 9.79. The normalized spacial score (nSPS) is 29.1. The molecule has 0 spiro atoms. The molecule has 2 N–H and O–H groups in total. The molecule has 0 aromatic carbocycles. The number of nitrogens with two attached hydrogens (primary N) is 1. The van der Waals surface area contributed by atoms with E-state index in [1.165, 1.54) is 11.9 Å². The molecule has 1 amide bonds. The largest absolute Gasteiger partial charge is 0.390 e. The fourth-order valence-corrected chi connectivity index (χ4v) is 2.30. The van der Waals surface area contributed by atoms with Gasteiger partial charge in [0.25, 0.3) is 0 Å². The molecular weight excluding hydrogens is 245 g/mol. The molecule has 0 radical (unpaired) electrons. The van der Waals surface area contributed by atoms with E-state index in [-0.39, 0.29) is 24.4 Å². The summed E-state index contributed by atoms with van der Waals surface area (Å²) in [5.74, 6) is -0.0365. The van der Waals surface area contributed by atoms with Gasteiger partial charge in [-0.25, -0.2) is 0 Å². The van der Waals surface area contributed by atoms with Crippen LogP contribution >= 0.6 is 0 Å². The van der Waals surface area contributed by atoms with Crippen LogP contribution in [0.5, 0.6) is 0 Å². The third-order valence-corrected chi connectivity index (χ3v) is 3.71. The summed E-state index contributed by atoms with van der Waals surface area (Å²) in [6.45, 7) is 1.77. The Bertz CT molecular complexity index is 294. The molecule has 1 rings (SSSR count).